The van der Waals surface area contributed by atoms with Crippen molar-refractivity contribution in [3.63, 3.8) is 0 Å². The molecule has 0 atom stereocenters. The topological polar surface area (TPSA) is 219 Å². The molecule has 2 amide bonds. The first kappa shape index (κ1) is 28.7. The molecule has 0 fully saturated rings. The number of amides is 2. The van der Waals surface area contributed by atoms with Crippen molar-refractivity contribution < 1.29 is 30.0 Å². The molecule has 45 heavy (non-hydrogen) atoms. The van der Waals surface area contributed by atoms with Crippen molar-refractivity contribution >= 4 is 23.2 Å². The number of aromatic hydroxyl groups is 4. The van der Waals surface area contributed by atoms with Crippen LogP contribution in [0.5, 0.6) is 23.0 Å². The quantitative estimate of drug-likeness (QED) is 0.0947. The second kappa shape index (κ2) is 11.0. The number of phenols is 4. The van der Waals surface area contributed by atoms with Crippen molar-refractivity contribution in [2.45, 2.75) is 18.5 Å². The normalized spacial score (nSPS) is 16.6. The number of benzene rings is 4. The number of rotatable bonds is 4. The lowest BCUT2D eigenvalue weighted by atomic mass is 9.66. The maximum atomic E-state index is 13.9. The summed E-state index contributed by atoms with van der Waals surface area (Å²) in [6, 6.07) is 17.7. The van der Waals surface area contributed by atoms with Crippen LogP contribution in [-0.2, 0) is 18.5 Å². The van der Waals surface area contributed by atoms with E-state index >= 15 is 0 Å². The van der Waals surface area contributed by atoms with E-state index in [0.29, 0.717) is 44.8 Å². The highest BCUT2D eigenvalue weighted by Crippen LogP contribution is 2.49. The first-order valence-corrected chi connectivity index (χ1v) is 13.6. The molecular formula is C31H24N8O6. The molecule has 4 aromatic rings. The lowest BCUT2D eigenvalue weighted by Crippen LogP contribution is -2.57. The maximum Gasteiger partial charge on any atom is 0.254 e. The Labute approximate surface area is 254 Å². The summed E-state index contributed by atoms with van der Waals surface area (Å²) >= 11 is 0. The van der Waals surface area contributed by atoms with Gasteiger partial charge in [0.2, 0.25) is 0 Å². The number of fused-ring (bicyclic) bond motifs is 4. The predicted octanol–water partition coefficient (Wildman–Crippen LogP) is 5.99. The van der Waals surface area contributed by atoms with E-state index in [1.165, 1.54) is 82.6 Å². The Morgan fingerprint density at radius 2 is 0.978 bits per heavy atom. The van der Waals surface area contributed by atoms with Crippen LogP contribution in [0.4, 0.5) is 11.4 Å². The van der Waals surface area contributed by atoms with Crippen LogP contribution in [0.1, 0.15) is 43.0 Å². The fourth-order valence-electron chi connectivity index (χ4n) is 6.20. The van der Waals surface area contributed by atoms with Crippen LogP contribution in [-0.4, -0.2) is 55.1 Å². The van der Waals surface area contributed by atoms with Crippen LogP contribution in [0.3, 0.4) is 0 Å². The van der Waals surface area contributed by atoms with E-state index in [-0.39, 0.29) is 38.0 Å². The van der Waals surface area contributed by atoms with Gasteiger partial charge in [-0.15, -0.1) is 0 Å². The van der Waals surface area contributed by atoms with Crippen molar-refractivity contribution in [3.05, 3.63) is 127 Å². The van der Waals surface area contributed by atoms with Crippen LogP contribution in [0.2, 0.25) is 0 Å². The molecule has 14 heteroatoms. The van der Waals surface area contributed by atoms with Gasteiger partial charge in [0.15, 0.2) is 23.0 Å². The van der Waals surface area contributed by atoms with Crippen molar-refractivity contribution in [1.82, 2.24) is 9.80 Å². The van der Waals surface area contributed by atoms with Crippen molar-refractivity contribution in [2.24, 2.45) is 10.2 Å². The van der Waals surface area contributed by atoms with Gasteiger partial charge < -0.3 is 30.2 Å². The number of nitrogens with zero attached hydrogens (tertiary/aromatic N) is 8. The number of carbonyl (C=O) groups excluding carboxylic acids is 2. The third-order valence-corrected chi connectivity index (χ3v) is 8.20. The van der Waals surface area contributed by atoms with Gasteiger partial charge in [-0.25, -0.2) is 0 Å². The van der Waals surface area contributed by atoms with Crippen molar-refractivity contribution in [2.75, 3.05) is 13.1 Å². The number of hydrogen-bond acceptors (Lipinski definition) is 8. The molecule has 0 unspecified atom stereocenters. The molecule has 0 saturated heterocycles. The van der Waals surface area contributed by atoms with Gasteiger partial charge >= 0.3 is 0 Å². The average molecular weight is 605 g/mol. The molecular weight excluding hydrogens is 580 g/mol. The Hall–Kier alpha value is -6.36. The summed E-state index contributed by atoms with van der Waals surface area (Å²) in [6.07, 6.45) is 0. The Morgan fingerprint density at radius 1 is 0.622 bits per heavy atom. The summed E-state index contributed by atoms with van der Waals surface area (Å²) in [4.78, 5) is 36.4. The Morgan fingerprint density at radius 3 is 1.33 bits per heavy atom. The molecule has 2 aliphatic heterocycles. The second-order valence-electron chi connectivity index (χ2n) is 10.9. The minimum absolute atomic E-state index is 0.00202. The lowest BCUT2D eigenvalue weighted by molar-refractivity contribution is 0.0577. The summed E-state index contributed by atoms with van der Waals surface area (Å²) in [6.45, 7) is 0.0993. The van der Waals surface area contributed by atoms with Crippen LogP contribution < -0.4 is 0 Å². The third-order valence-electron chi connectivity index (χ3n) is 8.20. The standard InChI is InChI=1S/C31H24N8O6/c32-36-34-21-5-1-17(2-6-21)29(44)38-13-19-9-25(40)27(42)11-23(19)31(15-38)16-39(14-20-10-26(41)28(43)12-24(20)31)30(45)18-3-7-22(8-4-18)35-37-33/h1-12,40-43H,13-16H2. The summed E-state index contributed by atoms with van der Waals surface area (Å²) in [5.41, 5.74) is 19.5. The van der Waals surface area contributed by atoms with Crippen molar-refractivity contribution in [3.8, 4) is 23.0 Å². The van der Waals surface area contributed by atoms with Gasteiger partial charge in [-0.05, 0) is 81.8 Å². The summed E-state index contributed by atoms with van der Waals surface area (Å²) in [7, 11) is 0. The minimum Gasteiger partial charge on any atom is -0.504 e. The molecule has 0 radical (unpaired) electrons. The van der Waals surface area contributed by atoms with Gasteiger partial charge in [-0.2, -0.15) is 0 Å². The maximum absolute atomic E-state index is 13.9. The van der Waals surface area contributed by atoms with Crippen LogP contribution in [0.15, 0.2) is 83.0 Å². The van der Waals surface area contributed by atoms with Gasteiger partial charge in [-0.1, -0.05) is 34.5 Å². The summed E-state index contributed by atoms with van der Waals surface area (Å²) in [5.74, 6) is -2.36. The van der Waals surface area contributed by atoms with E-state index in [1.54, 1.807) is 0 Å². The Kier molecular flexibility index (Phi) is 7.06. The molecule has 0 bridgehead atoms. The first-order chi connectivity index (χ1) is 21.6. The van der Waals surface area contributed by atoms with Gasteiger partial charge in [-0.3, -0.25) is 9.59 Å². The highest BCUT2D eigenvalue weighted by Gasteiger charge is 2.49. The predicted molar refractivity (Wildman–Crippen MR) is 160 cm³/mol. The first-order valence-electron chi connectivity index (χ1n) is 13.6. The average Bonchev–Trinajstić information content (AvgIpc) is 3.03. The zero-order chi connectivity index (χ0) is 31.9. The largest absolute Gasteiger partial charge is 0.504 e. The number of carbonyl (C=O) groups is 2. The smallest absolute Gasteiger partial charge is 0.254 e. The molecule has 0 aliphatic carbocycles. The minimum atomic E-state index is -1.22. The van der Waals surface area contributed by atoms with Gasteiger partial charge in [0, 0.05) is 58.5 Å². The van der Waals surface area contributed by atoms with Gasteiger partial charge in [0.05, 0.1) is 5.41 Å². The van der Waals surface area contributed by atoms with Crippen LogP contribution in [0, 0.1) is 0 Å². The van der Waals surface area contributed by atoms with Gasteiger partial charge in [0.25, 0.3) is 11.8 Å². The lowest BCUT2D eigenvalue weighted by Gasteiger charge is -2.50. The van der Waals surface area contributed by atoms with E-state index in [0.717, 1.165) is 0 Å². The highest BCUT2D eigenvalue weighted by atomic mass is 16.3. The second-order valence-corrected chi connectivity index (χ2v) is 10.9. The molecule has 1 spiro atoms. The molecule has 14 nitrogen and oxygen atoms in total. The van der Waals surface area contributed by atoms with E-state index in [9.17, 15) is 30.0 Å². The number of azide groups is 2. The number of hydrogen-bond donors (Lipinski definition) is 4. The Balaban J connectivity index is 1.50. The molecule has 2 aliphatic rings. The van der Waals surface area contributed by atoms with E-state index in [4.69, 9.17) is 11.1 Å². The van der Waals surface area contributed by atoms with E-state index in [2.05, 4.69) is 20.1 Å². The monoisotopic (exact) mass is 604 g/mol. The SMILES string of the molecule is [N-]=[N+]=Nc1ccc(C(=O)N2Cc3cc(O)c(O)cc3C3(C2)CN(C(=O)c2ccc(N=[N+]=[N-])cc2)Cc2cc(O)c(O)cc23)cc1. The van der Waals surface area contributed by atoms with Crippen LogP contribution in [0.25, 0.3) is 20.9 Å². The zero-order valence-electron chi connectivity index (χ0n) is 23.4. The van der Waals surface area contributed by atoms with Gasteiger partial charge in [0.1, 0.15) is 0 Å². The molecule has 224 valence electrons. The van der Waals surface area contributed by atoms with E-state index < -0.39 is 28.4 Å². The molecule has 2 heterocycles. The molecule has 4 N–H and O–H groups in total. The summed E-state index contributed by atoms with van der Waals surface area (Å²) in [5, 5.41) is 49.2. The third kappa shape index (κ3) is 5.01. The molecule has 6 rings (SSSR count). The zero-order valence-corrected chi connectivity index (χ0v) is 23.4. The molecule has 4 aromatic carbocycles. The summed E-state index contributed by atoms with van der Waals surface area (Å²) < 4.78 is 0. The fraction of sp³-hybridized carbons (Fsp3) is 0.161. The van der Waals surface area contributed by atoms with Crippen molar-refractivity contribution in [1.29, 1.82) is 0 Å². The molecule has 0 saturated carbocycles. The Bertz CT molecular complexity index is 1820. The fourth-order valence-corrected chi connectivity index (χ4v) is 6.20. The van der Waals surface area contributed by atoms with Crippen LogP contribution >= 0.6 is 0 Å². The van der Waals surface area contributed by atoms with E-state index in [1.807, 2.05) is 0 Å². The number of phenolic OH excluding ortho intramolecular Hbond substituents is 4. The highest BCUT2D eigenvalue weighted by molar-refractivity contribution is 5.96. The molecule has 0 aromatic heterocycles.